The van der Waals surface area contributed by atoms with Crippen LogP contribution in [0, 0.1) is 25.2 Å². The number of hydrogen-bond donors (Lipinski definition) is 2. The number of hydrogen-bond acceptors (Lipinski definition) is 13. The molecule has 0 saturated carbocycles. The third-order valence-corrected chi connectivity index (χ3v) is 12.1. The Bertz CT molecular complexity index is 1740. The highest BCUT2D eigenvalue weighted by Crippen LogP contribution is 2.70. The first kappa shape index (κ1) is 28.8. The Morgan fingerprint density at radius 1 is 1.20 bits per heavy atom. The Balaban J connectivity index is 1.45. The number of esters is 2. The lowest BCUT2D eigenvalue weighted by atomic mass is 9.70. The molecule has 0 radical (unpaired) electrons. The molecule has 13 heteroatoms. The van der Waals surface area contributed by atoms with Gasteiger partial charge < -0.3 is 34.5 Å². The minimum Gasteiger partial charge on any atom is -0.504 e. The van der Waals surface area contributed by atoms with E-state index in [0.29, 0.717) is 40.5 Å². The summed E-state index contributed by atoms with van der Waals surface area (Å²) in [4.78, 5) is 30.1. The number of carbonyl (C=O) groups is 2. The number of fused-ring (bicyclic) bond motifs is 8. The zero-order chi connectivity index (χ0) is 31.7. The molecule has 236 valence electrons. The molecule has 3 fully saturated rings. The van der Waals surface area contributed by atoms with E-state index in [2.05, 4.69) is 28.9 Å². The average Bonchev–Trinajstić information content (AvgIpc) is 3.56. The molecule has 0 aromatic heterocycles. The molecule has 6 aliphatic rings. The highest BCUT2D eigenvalue weighted by atomic mass is 32.2. The van der Waals surface area contributed by atoms with Gasteiger partial charge in [-0.3, -0.25) is 19.4 Å². The minimum absolute atomic E-state index is 0.0236. The number of thioether (sulfide) groups is 1. The van der Waals surface area contributed by atoms with E-state index in [4.69, 9.17) is 29.4 Å². The van der Waals surface area contributed by atoms with Crippen LogP contribution in [0.5, 0.6) is 28.7 Å². The standard InChI is InChI=1S/C32H34N4O8S/c1-12-6-15-20(25(38)26(12)40-5)23-24-30-22-21(29-28(42-11-43-29)13(2)27(22)44-14(3)37)19(9-41-31(39)16(34)10-45-30)35(24)18(8-33)17-7-32(15,4)36(17)23/h6,16-19,23-24,30,38H,7,9-11,34H2,1-5H3/t16?,17?,18-,19-,23?,24?,30+,32?/m0/s1. The molecular formula is C32H34N4O8S. The van der Waals surface area contributed by atoms with Crippen LogP contribution in [0.3, 0.4) is 0 Å². The van der Waals surface area contributed by atoms with Crippen molar-refractivity contribution in [2.45, 2.75) is 81.2 Å². The summed E-state index contributed by atoms with van der Waals surface area (Å²) in [6, 6.07) is 1.64. The molecule has 8 rings (SSSR count). The van der Waals surface area contributed by atoms with E-state index in [1.165, 1.54) is 18.7 Å². The quantitative estimate of drug-likeness (QED) is 0.367. The van der Waals surface area contributed by atoms with E-state index in [1.54, 1.807) is 7.11 Å². The second-order valence-electron chi connectivity index (χ2n) is 12.9. The van der Waals surface area contributed by atoms with Crippen molar-refractivity contribution in [2.24, 2.45) is 5.73 Å². The van der Waals surface area contributed by atoms with E-state index >= 15 is 0 Å². The molecule has 0 amide bonds. The number of ether oxygens (including phenoxy) is 5. The van der Waals surface area contributed by atoms with Gasteiger partial charge >= 0.3 is 11.9 Å². The number of piperazine rings is 1. The summed E-state index contributed by atoms with van der Waals surface area (Å²) < 4.78 is 29.6. The maximum Gasteiger partial charge on any atom is 0.323 e. The average molecular weight is 635 g/mol. The predicted octanol–water partition coefficient (Wildman–Crippen LogP) is 3.01. The minimum atomic E-state index is -0.886. The molecule has 5 unspecified atom stereocenters. The van der Waals surface area contributed by atoms with Crippen molar-refractivity contribution in [3.63, 3.8) is 0 Å². The van der Waals surface area contributed by atoms with Crippen LogP contribution in [-0.4, -0.2) is 77.3 Å². The number of phenols is 1. The van der Waals surface area contributed by atoms with Gasteiger partial charge in [-0.2, -0.15) is 5.26 Å². The summed E-state index contributed by atoms with van der Waals surface area (Å²) in [7, 11) is 1.55. The molecule has 0 aliphatic carbocycles. The molecule has 6 aliphatic heterocycles. The van der Waals surface area contributed by atoms with Crippen molar-refractivity contribution in [1.82, 2.24) is 9.80 Å². The van der Waals surface area contributed by atoms with Gasteiger partial charge in [-0.05, 0) is 44.4 Å². The Hall–Kier alpha value is -3.70. The zero-order valence-electron chi connectivity index (χ0n) is 25.6. The number of nitriles is 1. The van der Waals surface area contributed by atoms with E-state index in [0.717, 1.165) is 22.3 Å². The third-order valence-electron chi connectivity index (χ3n) is 10.6. The fraction of sp³-hybridized carbons (Fsp3) is 0.531. The summed E-state index contributed by atoms with van der Waals surface area (Å²) in [5.41, 5.74) is 10.6. The van der Waals surface area contributed by atoms with Crippen LogP contribution in [0.2, 0.25) is 0 Å². The Kier molecular flexibility index (Phi) is 6.17. The SMILES string of the molecule is COc1c(C)cc2c(c1O)C1C3[C@@H]4SCC(N)C(=O)OC[C@@H](c5c6c(c(C)c(OC(C)=O)c54)OCO6)N3[C@@H](C#N)C3CC2(C)N13. The monoisotopic (exact) mass is 634 g/mol. The third kappa shape index (κ3) is 3.54. The Morgan fingerprint density at radius 2 is 1.96 bits per heavy atom. The van der Waals surface area contributed by atoms with Crippen LogP contribution in [0.25, 0.3) is 0 Å². The lowest BCUT2D eigenvalue weighted by molar-refractivity contribution is -0.186. The smallest absolute Gasteiger partial charge is 0.323 e. The molecule has 45 heavy (non-hydrogen) atoms. The van der Waals surface area contributed by atoms with Crippen LogP contribution in [0.1, 0.15) is 71.0 Å². The largest absolute Gasteiger partial charge is 0.504 e. The van der Waals surface area contributed by atoms with Crippen LogP contribution >= 0.6 is 11.8 Å². The van der Waals surface area contributed by atoms with Crippen molar-refractivity contribution < 1.29 is 38.4 Å². The summed E-state index contributed by atoms with van der Waals surface area (Å²) >= 11 is 1.46. The molecule has 2 aromatic rings. The first-order valence-corrected chi connectivity index (χ1v) is 16.1. The molecule has 3 saturated heterocycles. The van der Waals surface area contributed by atoms with Crippen molar-refractivity contribution >= 4 is 23.7 Å². The summed E-state index contributed by atoms with van der Waals surface area (Å²) in [6.45, 7) is 7.15. The maximum atomic E-state index is 13.0. The van der Waals surface area contributed by atoms with Gasteiger partial charge in [0.1, 0.15) is 24.4 Å². The van der Waals surface area contributed by atoms with Gasteiger partial charge in [0.15, 0.2) is 23.0 Å². The number of aromatic hydroxyl groups is 1. The second-order valence-corrected chi connectivity index (χ2v) is 14.1. The highest BCUT2D eigenvalue weighted by Gasteiger charge is 2.70. The normalized spacial score (nSPS) is 34.0. The lowest BCUT2D eigenvalue weighted by Crippen LogP contribution is -2.75. The summed E-state index contributed by atoms with van der Waals surface area (Å²) in [6.07, 6.45) is 0.704. The predicted molar refractivity (Wildman–Crippen MR) is 160 cm³/mol. The van der Waals surface area contributed by atoms with Crippen molar-refractivity contribution in [2.75, 3.05) is 26.3 Å². The van der Waals surface area contributed by atoms with E-state index in [-0.39, 0.29) is 37.0 Å². The van der Waals surface area contributed by atoms with Gasteiger partial charge in [-0.15, -0.1) is 11.8 Å². The molecular weight excluding hydrogens is 600 g/mol. The number of benzene rings is 2. The van der Waals surface area contributed by atoms with Gasteiger partial charge in [-0.25, -0.2) is 0 Å². The van der Waals surface area contributed by atoms with Gasteiger partial charge in [-0.1, -0.05) is 0 Å². The molecule has 2 bridgehead atoms. The zero-order valence-corrected chi connectivity index (χ0v) is 26.4. The van der Waals surface area contributed by atoms with Gasteiger partial charge in [0.25, 0.3) is 0 Å². The summed E-state index contributed by atoms with van der Waals surface area (Å²) in [5.74, 6) is 1.03. The lowest BCUT2D eigenvalue weighted by Gasteiger charge is -2.66. The topological polar surface area (TPSA) is 157 Å². The fourth-order valence-electron chi connectivity index (χ4n) is 9.00. The number of aryl methyl sites for hydroxylation is 1. The van der Waals surface area contributed by atoms with Crippen LogP contribution < -0.4 is 24.7 Å². The first-order chi connectivity index (χ1) is 21.5. The number of rotatable bonds is 2. The van der Waals surface area contributed by atoms with Crippen LogP contribution in [-0.2, 0) is 19.9 Å². The van der Waals surface area contributed by atoms with Crippen molar-refractivity contribution in [1.29, 1.82) is 5.26 Å². The number of methoxy groups -OCH3 is 1. The maximum absolute atomic E-state index is 13.0. The van der Waals surface area contributed by atoms with Gasteiger partial charge in [0.05, 0.1) is 30.5 Å². The molecule has 8 atom stereocenters. The van der Waals surface area contributed by atoms with E-state index in [9.17, 15) is 20.0 Å². The number of cyclic esters (lactones) is 1. The Morgan fingerprint density at radius 3 is 2.67 bits per heavy atom. The number of nitrogens with zero attached hydrogens (tertiary/aromatic N) is 3. The Labute approximate surface area is 264 Å². The van der Waals surface area contributed by atoms with Gasteiger partial charge in [0, 0.05) is 52.6 Å². The molecule has 3 N–H and O–H groups in total. The molecule has 6 heterocycles. The van der Waals surface area contributed by atoms with Crippen LogP contribution in [0.15, 0.2) is 6.07 Å². The van der Waals surface area contributed by atoms with Crippen molar-refractivity contribution in [3.05, 3.63) is 39.4 Å². The fourth-order valence-corrected chi connectivity index (χ4v) is 10.4. The van der Waals surface area contributed by atoms with E-state index in [1.807, 2.05) is 13.8 Å². The molecule has 0 spiro atoms. The number of carbonyl (C=O) groups excluding carboxylic acids is 2. The van der Waals surface area contributed by atoms with Gasteiger partial charge in [0.2, 0.25) is 6.79 Å². The molecule has 12 nitrogen and oxygen atoms in total. The first-order valence-electron chi connectivity index (χ1n) is 15.1. The highest BCUT2D eigenvalue weighted by molar-refractivity contribution is 7.99. The number of nitrogens with two attached hydrogens (primary N) is 1. The summed E-state index contributed by atoms with van der Waals surface area (Å²) in [5, 5.41) is 22.3. The second kappa shape index (κ2) is 9.65. The van der Waals surface area contributed by atoms with Crippen LogP contribution in [0.4, 0.5) is 0 Å². The number of phenolic OH excluding ortho intramolecular Hbond substituents is 1. The van der Waals surface area contributed by atoms with Crippen molar-refractivity contribution in [3.8, 4) is 34.8 Å². The van der Waals surface area contributed by atoms with E-state index < -0.39 is 46.9 Å². The molecule has 2 aromatic carbocycles.